The van der Waals surface area contributed by atoms with Gasteiger partial charge in [-0.05, 0) is 59.7 Å². The SMILES string of the molecule is CCc1cc(CC)c(N2C(=O)c3cccc(C(=O)Cl)c3C2=O)c(CC)c1. The summed E-state index contributed by atoms with van der Waals surface area (Å²) in [5.74, 6) is -0.887. The van der Waals surface area contributed by atoms with E-state index in [1.165, 1.54) is 16.5 Å². The van der Waals surface area contributed by atoms with E-state index in [4.69, 9.17) is 11.6 Å². The maximum absolute atomic E-state index is 13.1. The maximum atomic E-state index is 13.1. The molecule has 0 spiro atoms. The summed E-state index contributed by atoms with van der Waals surface area (Å²) < 4.78 is 0. The maximum Gasteiger partial charge on any atom is 0.266 e. The summed E-state index contributed by atoms with van der Waals surface area (Å²) in [6.07, 6.45) is 2.28. The molecule has 0 aliphatic carbocycles. The van der Waals surface area contributed by atoms with Crippen LogP contribution >= 0.6 is 11.6 Å². The second kappa shape index (κ2) is 7.04. The number of imide groups is 1. The van der Waals surface area contributed by atoms with Gasteiger partial charge in [-0.1, -0.05) is 39.0 Å². The Morgan fingerprint density at radius 3 is 2.08 bits per heavy atom. The largest absolute Gasteiger partial charge is 0.276 e. The van der Waals surface area contributed by atoms with Crippen LogP contribution in [-0.4, -0.2) is 17.1 Å². The van der Waals surface area contributed by atoms with Crippen molar-refractivity contribution in [2.24, 2.45) is 0 Å². The van der Waals surface area contributed by atoms with Crippen LogP contribution in [0.5, 0.6) is 0 Å². The van der Waals surface area contributed by atoms with Crippen LogP contribution in [0.4, 0.5) is 5.69 Å². The van der Waals surface area contributed by atoms with E-state index in [0.717, 1.165) is 17.5 Å². The lowest BCUT2D eigenvalue weighted by Gasteiger charge is -2.22. The number of hydrogen-bond acceptors (Lipinski definition) is 3. The molecule has 1 aliphatic heterocycles. The molecule has 0 radical (unpaired) electrons. The molecule has 0 atom stereocenters. The van der Waals surface area contributed by atoms with Gasteiger partial charge in [-0.25, -0.2) is 4.90 Å². The number of aryl methyl sites for hydroxylation is 3. The summed E-state index contributed by atoms with van der Waals surface area (Å²) in [5.41, 5.74) is 4.13. The van der Waals surface area contributed by atoms with Crippen molar-refractivity contribution >= 4 is 34.3 Å². The fourth-order valence-electron chi connectivity index (χ4n) is 3.51. The third-order valence-corrected chi connectivity index (χ3v) is 5.05. The highest BCUT2D eigenvalue weighted by Crippen LogP contribution is 2.36. The lowest BCUT2D eigenvalue weighted by molar-refractivity contribution is 0.0922. The van der Waals surface area contributed by atoms with Crippen molar-refractivity contribution in [3.63, 3.8) is 0 Å². The zero-order valence-electron chi connectivity index (χ0n) is 15.1. The van der Waals surface area contributed by atoms with Crippen LogP contribution in [0.2, 0.25) is 0 Å². The van der Waals surface area contributed by atoms with Crippen LogP contribution in [0.15, 0.2) is 30.3 Å². The normalized spacial score (nSPS) is 13.3. The molecule has 0 unspecified atom stereocenters. The fraction of sp³-hybridized carbons (Fsp3) is 0.286. The Bertz CT molecular complexity index is 908. The highest BCUT2D eigenvalue weighted by Gasteiger charge is 2.40. The number of halogens is 1. The van der Waals surface area contributed by atoms with Crippen LogP contribution in [0.25, 0.3) is 0 Å². The molecule has 2 aromatic rings. The Labute approximate surface area is 157 Å². The molecule has 0 saturated carbocycles. The van der Waals surface area contributed by atoms with Gasteiger partial charge in [-0.2, -0.15) is 0 Å². The van der Waals surface area contributed by atoms with Gasteiger partial charge in [0.05, 0.1) is 16.8 Å². The van der Waals surface area contributed by atoms with E-state index in [9.17, 15) is 14.4 Å². The van der Waals surface area contributed by atoms with Crippen LogP contribution < -0.4 is 4.90 Å². The Morgan fingerprint density at radius 1 is 0.962 bits per heavy atom. The molecule has 0 N–H and O–H groups in total. The number of carbonyl (C=O) groups excluding carboxylic acids is 3. The molecule has 0 saturated heterocycles. The van der Waals surface area contributed by atoms with E-state index in [1.54, 1.807) is 12.1 Å². The summed E-state index contributed by atoms with van der Waals surface area (Å²) in [7, 11) is 0. The van der Waals surface area contributed by atoms with Crippen LogP contribution in [0, 0.1) is 0 Å². The van der Waals surface area contributed by atoms with E-state index in [2.05, 4.69) is 6.92 Å². The Balaban J connectivity index is 2.24. The fourth-order valence-corrected chi connectivity index (χ4v) is 3.67. The van der Waals surface area contributed by atoms with Crippen LogP contribution in [0.1, 0.15) is 68.5 Å². The minimum absolute atomic E-state index is 0.0753. The predicted octanol–water partition coefficient (Wildman–Crippen LogP) is 4.55. The molecule has 26 heavy (non-hydrogen) atoms. The van der Waals surface area contributed by atoms with E-state index in [0.29, 0.717) is 18.5 Å². The smallest absolute Gasteiger partial charge is 0.266 e. The minimum atomic E-state index is -0.738. The molecule has 3 rings (SSSR count). The summed E-state index contributed by atoms with van der Waals surface area (Å²) in [4.78, 5) is 39.1. The molecule has 1 heterocycles. The molecule has 0 fully saturated rings. The van der Waals surface area contributed by atoms with E-state index >= 15 is 0 Å². The molecule has 0 bridgehead atoms. The van der Waals surface area contributed by atoms with Crippen molar-refractivity contribution in [1.82, 2.24) is 0 Å². The number of nitrogens with zero attached hydrogens (tertiary/aromatic N) is 1. The molecular formula is C21H20ClNO3. The summed E-state index contributed by atoms with van der Waals surface area (Å²) >= 11 is 5.63. The summed E-state index contributed by atoms with van der Waals surface area (Å²) in [5, 5.41) is -0.738. The number of anilines is 1. The van der Waals surface area contributed by atoms with Crippen LogP contribution in [0.3, 0.4) is 0 Å². The van der Waals surface area contributed by atoms with E-state index in [-0.39, 0.29) is 16.7 Å². The minimum Gasteiger partial charge on any atom is -0.276 e. The number of rotatable bonds is 5. The topological polar surface area (TPSA) is 54.5 Å². The van der Waals surface area contributed by atoms with Crippen molar-refractivity contribution in [3.8, 4) is 0 Å². The summed E-state index contributed by atoms with van der Waals surface area (Å²) in [6.45, 7) is 6.08. The Morgan fingerprint density at radius 2 is 1.58 bits per heavy atom. The van der Waals surface area contributed by atoms with Crippen molar-refractivity contribution < 1.29 is 14.4 Å². The van der Waals surface area contributed by atoms with Crippen molar-refractivity contribution in [1.29, 1.82) is 0 Å². The molecular weight excluding hydrogens is 350 g/mol. The van der Waals surface area contributed by atoms with Gasteiger partial charge < -0.3 is 0 Å². The van der Waals surface area contributed by atoms with Crippen molar-refractivity contribution in [3.05, 3.63) is 63.7 Å². The third-order valence-electron chi connectivity index (χ3n) is 4.85. The average molecular weight is 370 g/mol. The first-order valence-corrected chi connectivity index (χ1v) is 9.18. The second-order valence-electron chi connectivity index (χ2n) is 6.27. The van der Waals surface area contributed by atoms with Gasteiger partial charge in [-0.3, -0.25) is 14.4 Å². The number of benzene rings is 2. The van der Waals surface area contributed by atoms with Gasteiger partial charge >= 0.3 is 0 Å². The highest BCUT2D eigenvalue weighted by atomic mass is 35.5. The van der Waals surface area contributed by atoms with Gasteiger partial charge in [0.2, 0.25) is 0 Å². The van der Waals surface area contributed by atoms with Gasteiger partial charge in [0.25, 0.3) is 17.1 Å². The molecule has 2 amide bonds. The van der Waals surface area contributed by atoms with Crippen LogP contribution in [-0.2, 0) is 19.3 Å². The number of carbonyl (C=O) groups is 3. The van der Waals surface area contributed by atoms with Gasteiger partial charge in [0.15, 0.2) is 0 Å². The first-order valence-electron chi connectivity index (χ1n) is 8.80. The zero-order chi connectivity index (χ0) is 19.0. The van der Waals surface area contributed by atoms with Gasteiger partial charge in [0.1, 0.15) is 0 Å². The standard InChI is InChI=1S/C21H20ClNO3/c1-4-12-10-13(5-2)18(14(6-3)11-12)23-20(25)16-9-7-8-15(19(22)24)17(16)21(23)26/h7-11H,4-6H2,1-3H3. The highest BCUT2D eigenvalue weighted by molar-refractivity contribution is 6.68. The van der Waals surface area contributed by atoms with Crippen molar-refractivity contribution in [2.75, 3.05) is 4.90 Å². The Kier molecular flexibility index (Phi) is 4.97. The first-order chi connectivity index (χ1) is 12.4. The van der Waals surface area contributed by atoms with E-state index in [1.807, 2.05) is 26.0 Å². The first kappa shape index (κ1) is 18.3. The summed E-state index contributed by atoms with van der Waals surface area (Å²) in [6, 6.07) is 8.71. The number of fused-ring (bicyclic) bond motifs is 1. The molecule has 1 aliphatic rings. The predicted molar refractivity (Wildman–Crippen MR) is 102 cm³/mol. The Hall–Kier alpha value is -2.46. The van der Waals surface area contributed by atoms with E-state index < -0.39 is 17.1 Å². The lowest BCUT2D eigenvalue weighted by Crippen LogP contribution is -2.31. The molecule has 0 aromatic heterocycles. The second-order valence-corrected chi connectivity index (χ2v) is 6.61. The van der Waals surface area contributed by atoms with Gasteiger partial charge in [-0.15, -0.1) is 0 Å². The molecule has 2 aromatic carbocycles. The lowest BCUT2D eigenvalue weighted by atomic mass is 9.97. The molecule has 4 nitrogen and oxygen atoms in total. The van der Waals surface area contributed by atoms with Gasteiger partial charge in [0, 0.05) is 5.56 Å². The molecule has 5 heteroatoms. The number of hydrogen-bond donors (Lipinski definition) is 0. The molecule has 134 valence electrons. The quantitative estimate of drug-likeness (QED) is 0.573. The average Bonchev–Trinajstić information content (AvgIpc) is 2.91. The number of amides is 2. The zero-order valence-corrected chi connectivity index (χ0v) is 15.8. The monoisotopic (exact) mass is 369 g/mol. The van der Waals surface area contributed by atoms with Crippen molar-refractivity contribution in [2.45, 2.75) is 40.0 Å². The third kappa shape index (κ3) is 2.74.